The lowest BCUT2D eigenvalue weighted by Gasteiger charge is -2.17. The van der Waals surface area contributed by atoms with E-state index in [1.165, 1.54) is 19.9 Å². The minimum atomic E-state index is -4.88. The molecular formula is C27H19F5N4O4. The molecule has 0 bridgehead atoms. The molecule has 2 amide bonds. The van der Waals surface area contributed by atoms with Crippen LogP contribution in [0.2, 0.25) is 0 Å². The highest BCUT2D eigenvalue weighted by atomic mass is 19.4. The van der Waals surface area contributed by atoms with Crippen molar-refractivity contribution in [2.75, 3.05) is 5.32 Å². The summed E-state index contributed by atoms with van der Waals surface area (Å²) in [6.45, 7) is 2.74. The van der Waals surface area contributed by atoms with Crippen molar-refractivity contribution in [3.05, 3.63) is 88.0 Å². The van der Waals surface area contributed by atoms with E-state index < -0.39 is 69.4 Å². The molecular weight excluding hydrogens is 539 g/mol. The van der Waals surface area contributed by atoms with Crippen molar-refractivity contribution in [3.63, 3.8) is 0 Å². The third kappa shape index (κ3) is 6.79. The molecule has 0 aliphatic heterocycles. The van der Waals surface area contributed by atoms with Crippen LogP contribution < -0.4 is 21.5 Å². The van der Waals surface area contributed by atoms with E-state index >= 15 is 0 Å². The number of alkyl halides is 3. The Morgan fingerprint density at radius 2 is 1.65 bits per heavy atom. The minimum Gasteiger partial charge on any atom is -0.456 e. The molecule has 0 aromatic heterocycles. The Balaban J connectivity index is 2.10. The highest BCUT2D eigenvalue weighted by Crippen LogP contribution is 2.38. The number of rotatable bonds is 6. The van der Waals surface area contributed by atoms with Crippen LogP contribution >= 0.6 is 0 Å². The highest BCUT2D eigenvalue weighted by molar-refractivity contribution is 6.44. The normalized spacial score (nSPS) is 10.7. The molecule has 0 unspecified atom stereocenters. The molecule has 0 saturated carbocycles. The van der Waals surface area contributed by atoms with Gasteiger partial charge >= 0.3 is 12.1 Å². The maximum atomic E-state index is 14.3. The molecule has 8 nitrogen and oxygen atoms in total. The first-order valence-corrected chi connectivity index (χ1v) is 11.1. The third-order valence-corrected chi connectivity index (χ3v) is 5.18. The van der Waals surface area contributed by atoms with Gasteiger partial charge in [0.2, 0.25) is 0 Å². The summed E-state index contributed by atoms with van der Waals surface area (Å²) in [4.78, 5) is 40.4. The van der Waals surface area contributed by atoms with Gasteiger partial charge in [-0.2, -0.15) is 18.2 Å². The Labute approximate surface area is 223 Å². The minimum absolute atomic E-state index is 0.0363. The van der Waals surface area contributed by atoms with Crippen LogP contribution in [0.3, 0.4) is 0 Å². The number of nitrogens with two attached hydrogens (primary N) is 2. The van der Waals surface area contributed by atoms with Crippen molar-refractivity contribution in [1.82, 2.24) is 0 Å². The number of aliphatic imine (C=N–C) groups is 1. The summed E-state index contributed by atoms with van der Waals surface area (Å²) in [7, 11) is 0. The lowest BCUT2D eigenvalue weighted by Crippen LogP contribution is -2.26. The van der Waals surface area contributed by atoms with Crippen LogP contribution in [-0.2, 0) is 11.0 Å². The lowest BCUT2D eigenvalue weighted by atomic mass is 10.0. The molecule has 13 heteroatoms. The van der Waals surface area contributed by atoms with Crippen LogP contribution in [0.1, 0.15) is 44.3 Å². The van der Waals surface area contributed by atoms with Crippen LogP contribution in [0.15, 0.2) is 53.5 Å². The number of anilines is 1. The number of carbonyl (C=O) groups is 3. The van der Waals surface area contributed by atoms with Gasteiger partial charge < -0.3 is 21.5 Å². The number of Topliss-reactive ketones (excluding diaryl/α,β-unsaturated/α-hetero) is 1. The maximum Gasteiger partial charge on any atom is 0.417 e. The number of ketones is 1. The summed E-state index contributed by atoms with van der Waals surface area (Å²) in [5, 5.41) is 2.31. The van der Waals surface area contributed by atoms with Gasteiger partial charge in [0.1, 0.15) is 23.1 Å². The molecule has 0 spiro atoms. The molecule has 206 valence electrons. The predicted molar refractivity (Wildman–Crippen MR) is 135 cm³/mol. The van der Waals surface area contributed by atoms with E-state index in [1.54, 1.807) is 0 Å². The van der Waals surface area contributed by atoms with Gasteiger partial charge in [-0.25, -0.2) is 8.78 Å². The predicted octanol–water partition coefficient (Wildman–Crippen LogP) is 4.69. The van der Waals surface area contributed by atoms with Gasteiger partial charge in [0.05, 0.1) is 16.7 Å². The Hall–Kier alpha value is -5.25. The Bertz CT molecular complexity index is 1620. The molecule has 0 fully saturated rings. The van der Waals surface area contributed by atoms with Gasteiger partial charge in [-0.15, -0.1) is 5.92 Å². The van der Waals surface area contributed by atoms with Gasteiger partial charge in [0.15, 0.2) is 5.96 Å². The summed E-state index contributed by atoms with van der Waals surface area (Å²) in [5.74, 6) is -2.38. The lowest BCUT2D eigenvalue weighted by molar-refractivity contribution is -0.137. The van der Waals surface area contributed by atoms with E-state index in [9.17, 15) is 36.3 Å². The van der Waals surface area contributed by atoms with E-state index in [0.29, 0.717) is 6.07 Å². The molecule has 0 aliphatic carbocycles. The zero-order valence-corrected chi connectivity index (χ0v) is 20.7. The van der Waals surface area contributed by atoms with Crippen LogP contribution in [0.25, 0.3) is 0 Å². The second kappa shape index (κ2) is 11.6. The van der Waals surface area contributed by atoms with Crippen molar-refractivity contribution in [2.45, 2.75) is 20.0 Å². The summed E-state index contributed by atoms with van der Waals surface area (Å²) < 4.78 is 74.9. The van der Waals surface area contributed by atoms with Crippen LogP contribution in [0.4, 0.5) is 27.6 Å². The Kier molecular flexibility index (Phi) is 8.53. The monoisotopic (exact) mass is 558 g/mol. The van der Waals surface area contributed by atoms with E-state index in [0.717, 1.165) is 36.4 Å². The molecule has 0 saturated heterocycles. The SMILES string of the molecule is CC#Cc1cc(C(=O)Nc2ccc(F)c(C(=O)C(=O)N=C(N)N)c2)c(Oc2ccc(F)cc2C)cc1C(F)(F)F. The number of halogens is 5. The number of amides is 2. The molecule has 3 rings (SSSR count). The molecule has 40 heavy (non-hydrogen) atoms. The molecule has 0 aliphatic rings. The van der Waals surface area contributed by atoms with Crippen molar-refractivity contribution < 1.29 is 41.1 Å². The molecule has 3 aromatic rings. The first-order chi connectivity index (χ1) is 18.7. The van der Waals surface area contributed by atoms with Crippen molar-refractivity contribution in [2.24, 2.45) is 16.5 Å². The van der Waals surface area contributed by atoms with Gasteiger partial charge in [-0.1, -0.05) is 5.92 Å². The molecule has 3 aromatic carbocycles. The zero-order valence-electron chi connectivity index (χ0n) is 20.7. The van der Waals surface area contributed by atoms with Crippen molar-refractivity contribution >= 4 is 29.2 Å². The first-order valence-electron chi connectivity index (χ1n) is 11.1. The van der Waals surface area contributed by atoms with Crippen molar-refractivity contribution in [3.8, 4) is 23.3 Å². The fraction of sp³-hybridized carbons (Fsp3) is 0.111. The summed E-state index contributed by atoms with van der Waals surface area (Å²) in [6.07, 6.45) is -4.88. The number of nitrogens with one attached hydrogen (secondary N) is 1. The topological polar surface area (TPSA) is 137 Å². The second-order valence-electron chi connectivity index (χ2n) is 8.10. The number of benzene rings is 3. The fourth-order valence-electron chi connectivity index (χ4n) is 3.42. The average molecular weight is 558 g/mol. The number of hydrogen-bond acceptors (Lipinski definition) is 4. The Morgan fingerprint density at radius 1 is 0.950 bits per heavy atom. The van der Waals surface area contributed by atoms with Crippen LogP contribution in [0, 0.1) is 30.4 Å². The molecule has 0 heterocycles. The van der Waals surface area contributed by atoms with Crippen molar-refractivity contribution in [1.29, 1.82) is 0 Å². The number of aryl methyl sites for hydroxylation is 1. The number of nitrogens with zero attached hydrogens (tertiary/aromatic N) is 1. The number of guanidine groups is 1. The smallest absolute Gasteiger partial charge is 0.417 e. The number of ether oxygens (including phenoxy) is 1. The Morgan fingerprint density at radius 3 is 2.25 bits per heavy atom. The largest absolute Gasteiger partial charge is 0.456 e. The summed E-state index contributed by atoms with van der Waals surface area (Å²) in [5.41, 5.74) is 7.19. The first kappa shape index (κ1) is 29.3. The summed E-state index contributed by atoms with van der Waals surface area (Å²) >= 11 is 0. The number of hydrogen-bond donors (Lipinski definition) is 3. The molecule has 0 atom stereocenters. The fourth-order valence-corrected chi connectivity index (χ4v) is 3.42. The van der Waals surface area contributed by atoms with Gasteiger partial charge in [-0.3, -0.25) is 14.4 Å². The third-order valence-electron chi connectivity index (χ3n) is 5.18. The van der Waals surface area contributed by atoms with Gasteiger partial charge in [0, 0.05) is 11.3 Å². The van der Waals surface area contributed by atoms with E-state index in [1.807, 2.05) is 0 Å². The highest BCUT2D eigenvalue weighted by Gasteiger charge is 2.35. The zero-order chi connectivity index (χ0) is 29.8. The standard InChI is InChI=1S/C27H19F5N4O4/c1-3-4-14-10-18(22(12-19(14)27(30,31)32)40-21-8-5-15(28)9-13(21)2)24(38)35-16-6-7-20(29)17(11-16)23(37)25(39)36-26(33)34/h5-12H,1-2H3,(H,35,38)(H4,33,34,36,39). The maximum absolute atomic E-state index is 14.3. The van der Waals surface area contributed by atoms with E-state index in [4.69, 9.17) is 16.2 Å². The van der Waals surface area contributed by atoms with E-state index in [2.05, 4.69) is 22.2 Å². The molecule has 5 N–H and O–H groups in total. The molecule has 0 radical (unpaired) electrons. The average Bonchev–Trinajstić information content (AvgIpc) is 2.86. The second-order valence-corrected chi connectivity index (χ2v) is 8.10. The van der Waals surface area contributed by atoms with Crippen LogP contribution in [0.5, 0.6) is 11.5 Å². The van der Waals surface area contributed by atoms with Gasteiger partial charge in [0.25, 0.3) is 11.7 Å². The van der Waals surface area contributed by atoms with Gasteiger partial charge in [-0.05, 0) is 67.9 Å². The quantitative estimate of drug-likeness (QED) is 0.100. The number of carbonyl (C=O) groups excluding carboxylic acids is 3. The van der Waals surface area contributed by atoms with Crippen LogP contribution in [-0.4, -0.2) is 23.6 Å². The van der Waals surface area contributed by atoms with E-state index in [-0.39, 0.29) is 17.0 Å². The summed E-state index contributed by atoms with van der Waals surface area (Å²) in [6, 6.07) is 7.32.